The van der Waals surface area contributed by atoms with Gasteiger partial charge in [-0.1, -0.05) is 37.6 Å². The monoisotopic (exact) mass is 264 g/mol. The molecule has 0 saturated heterocycles. The van der Waals surface area contributed by atoms with E-state index in [-0.39, 0.29) is 17.9 Å². The lowest BCUT2D eigenvalue weighted by atomic mass is 9.81. The molecule has 0 saturated carbocycles. The van der Waals surface area contributed by atoms with Crippen molar-refractivity contribution in [3.63, 3.8) is 0 Å². The molecule has 1 aromatic rings. The SMILES string of the molecule is Cc1ccc(C(C)(C)CNC(=O)C(N)CO)c(C)c1. The summed E-state index contributed by atoms with van der Waals surface area (Å²) in [6.45, 7) is 8.45. The molecule has 1 aromatic carbocycles. The van der Waals surface area contributed by atoms with Crippen LogP contribution in [0.4, 0.5) is 0 Å². The van der Waals surface area contributed by atoms with E-state index >= 15 is 0 Å². The number of aliphatic hydroxyl groups excluding tert-OH is 1. The van der Waals surface area contributed by atoms with Crippen molar-refractivity contribution >= 4 is 5.91 Å². The summed E-state index contributed by atoms with van der Waals surface area (Å²) in [5, 5.41) is 11.6. The van der Waals surface area contributed by atoms with Crippen LogP contribution in [0.25, 0.3) is 0 Å². The van der Waals surface area contributed by atoms with Gasteiger partial charge in [0.25, 0.3) is 0 Å². The number of carbonyl (C=O) groups is 1. The molecule has 106 valence electrons. The fourth-order valence-electron chi connectivity index (χ4n) is 2.19. The summed E-state index contributed by atoms with van der Waals surface area (Å²) in [6, 6.07) is 5.46. The van der Waals surface area contributed by atoms with E-state index in [1.807, 2.05) is 0 Å². The normalized spacial score (nSPS) is 13.2. The summed E-state index contributed by atoms with van der Waals surface area (Å²) in [5.74, 6) is -0.319. The molecule has 0 bridgehead atoms. The summed E-state index contributed by atoms with van der Waals surface area (Å²) in [7, 11) is 0. The third kappa shape index (κ3) is 4.04. The Morgan fingerprint density at radius 3 is 2.58 bits per heavy atom. The topological polar surface area (TPSA) is 75.4 Å². The van der Waals surface area contributed by atoms with Gasteiger partial charge in [0.1, 0.15) is 6.04 Å². The number of hydrogen-bond acceptors (Lipinski definition) is 3. The van der Waals surface area contributed by atoms with Gasteiger partial charge >= 0.3 is 0 Å². The summed E-state index contributed by atoms with van der Waals surface area (Å²) >= 11 is 0. The predicted molar refractivity (Wildman–Crippen MR) is 77.0 cm³/mol. The van der Waals surface area contributed by atoms with Gasteiger partial charge in [-0.05, 0) is 25.0 Å². The van der Waals surface area contributed by atoms with Crippen LogP contribution in [-0.2, 0) is 10.2 Å². The van der Waals surface area contributed by atoms with Gasteiger partial charge < -0.3 is 16.2 Å². The Bertz CT molecular complexity index is 455. The van der Waals surface area contributed by atoms with Gasteiger partial charge in [-0.2, -0.15) is 0 Å². The highest BCUT2D eigenvalue weighted by atomic mass is 16.3. The fourth-order valence-corrected chi connectivity index (χ4v) is 2.19. The molecular weight excluding hydrogens is 240 g/mol. The van der Waals surface area contributed by atoms with Crippen molar-refractivity contribution in [2.45, 2.75) is 39.2 Å². The van der Waals surface area contributed by atoms with Crippen LogP contribution in [0.2, 0.25) is 0 Å². The highest BCUT2D eigenvalue weighted by Gasteiger charge is 2.24. The number of nitrogens with one attached hydrogen (secondary N) is 1. The minimum atomic E-state index is -0.852. The number of nitrogens with two attached hydrogens (primary N) is 1. The van der Waals surface area contributed by atoms with E-state index in [2.05, 4.69) is 51.2 Å². The first-order chi connectivity index (χ1) is 8.77. The third-order valence-electron chi connectivity index (χ3n) is 3.35. The van der Waals surface area contributed by atoms with Gasteiger partial charge in [0, 0.05) is 12.0 Å². The zero-order chi connectivity index (χ0) is 14.6. The Balaban J connectivity index is 2.78. The number of carbonyl (C=O) groups excluding carboxylic acids is 1. The van der Waals surface area contributed by atoms with Crippen molar-refractivity contribution in [1.29, 1.82) is 0 Å². The van der Waals surface area contributed by atoms with Crippen LogP contribution >= 0.6 is 0 Å². The molecule has 4 heteroatoms. The Hall–Kier alpha value is -1.39. The lowest BCUT2D eigenvalue weighted by Crippen LogP contribution is -2.46. The average Bonchev–Trinajstić information content (AvgIpc) is 2.34. The number of rotatable bonds is 5. The first kappa shape index (κ1) is 15.7. The molecule has 1 rings (SSSR count). The van der Waals surface area contributed by atoms with Gasteiger partial charge in [-0.3, -0.25) is 4.79 Å². The van der Waals surface area contributed by atoms with Crippen molar-refractivity contribution in [3.05, 3.63) is 34.9 Å². The standard InChI is InChI=1S/C15H24N2O2/c1-10-5-6-12(11(2)7-10)15(3,4)9-17-14(19)13(16)8-18/h5-7,13,18H,8-9,16H2,1-4H3,(H,17,19). The molecule has 4 N–H and O–H groups in total. The van der Waals surface area contributed by atoms with E-state index in [0.717, 1.165) is 0 Å². The van der Waals surface area contributed by atoms with Crippen LogP contribution in [0.5, 0.6) is 0 Å². The third-order valence-corrected chi connectivity index (χ3v) is 3.35. The van der Waals surface area contributed by atoms with E-state index in [9.17, 15) is 4.79 Å². The van der Waals surface area contributed by atoms with E-state index in [0.29, 0.717) is 6.54 Å². The predicted octanol–water partition coefficient (Wildman–Crippen LogP) is 1.02. The van der Waals surface area contributed by atoms with Gasteiger partial charge in [0.15, 0.2) is 0 Å². The zero-order valence-electron chi connectivity index (χ0n) is 12.2. The smallest absolute Gasteiger partial charge is 0.239 e. The largest absolute Gasteiger partial charge is 0.394 e. The van der Waals surface area contributed by atoms with Crippen LogP contribution in [0, 0.1) is 13.8 Å². The van der Waals surface area contributed by atoms with Crippen molar-refractivity contribution < 1.29 is 9.90 Å². The maximum absolute atomic E-state index is 11.6. The summed E-state index contributed by atoms with van der Waals surface area (Å²) in [6.07, 6.45) is 0. The molecule has 0 aliphatic rings. The van der Waals surface area contributed by atoms with Gasteiger partial charge in [-0.15, -0.1) is 0 Å². The Morgan fingerprint density at radius 1 is 1.42 bits per heavy atom. The lowest BCUT2D eigenvalue weighted by Gasteiger charge is -2.28. The van der Waals surface area contributed by atoms with Crippen molar-refractivity contribution in [2.24, 2.45) is 5.73 Å². The molecule has 0 aliphatic heterocycles. The maximum Gasteiger partial charge on any atom is 0.239 e. The first-order valence-electron chi connectivity index (χ1n) is 6.50. The number of amides is 1. The molecule has 0 aromatic heterocycles. The Labute approximate surface area is 115 Å². The van der Waals surface area contributed by atoms with Crippen LogP contribution in [0.15, 0.2) is 18.2 Å². The highest BCUT2D eigenvalue weighted by Crippen LogP contribution is 2.26. The lowest BCUT2D eigenvalue weighted by molar-refractivity contribution is -0.123. The van der Waals surface area contributed by atoms with Crippen LogP contribution in [0.1, 0.15) is 30.5 Å². The van der Waals surface area contributed by atoms with Crippen molar-refractivity contribution in [1.82, 2.24) is 5.32 Å². The molecular formula is C15H24N2O2. The van der Waals surface area contributed by atoms with Crippen molar-refractivity contribution in [2.75, 3.05) is 13.2 Å². The summed E-state index contributed by atoms with van der Waals surface area (Å²) in [4.78, 5) is 11.6. The van der Waals surface area contributed by atoms with E-state index in [4.69, 9.17) is 10.8 Å². The highest BCUT2D eigenvalue weighted by molar-refractivity contribution is 5.81. The van der Waals surface area contributed by atoms with Crippen LogP contribution in [-0.4, -0.2) is 30.2 Å². The summed E-state index contributed by atoms with van der Waals surface area (Å²) in [5.41, 5.74) is 8.94. The molecule has 1 atom stereocenters. The minimum absolute atomic E-state index is 0.178. The molecule has 0 aliphatic carbocycles. The van der Waals surface area contributed by atoms with Crippen LogP contribution < -0.4 is 11.1 Å². The maximum atomic E-state index is 11.6. The molecule has 0 radical (unpaired) electrons. The van der Waals surface area contributed by atoms with Gasteiger partial charge in [0.2, 0.25) is 5.91 Å². The number of benzene rings is 1. The second-order valence-corrected chi connectivity index (χ2v) is 5.71. The van der Waals surface area contributed by atoms with E-state index in [1.165, 1.54) is 16.7 Å². The van der Waals surface area contributed by atoms with E-state index in [1.54, 1.807) is 0 Å². The molecule has 0 spiro atoms. The zero-order valence-corrected chi connectivity index (χ0v) is 12.2. The second kappa shape index (κ2) is 6.17. The molecule has 0 heterocycles. The molecule has 0 fully saturated rings. The van der Waals surface area contributed by atoms with Crippen LogP contribution in [0.3, 0.4) is 0 Å². The quantitative estimate of drug-likeness (QED) is 0.743. The Morgan fingerprint density at radius 2 is 2.05 bits per heavy atom. The first-order valence-corrected chi connectivity index (χ1v) is 6.50. The summed E-state index contributed by atoms with van der Waals surface area (Å²) < 4.78 is 0. The molecule has 1 unspecified atom stereocenters. The van der Waals surface area contributed by atoms with E-state index < -0.39 is 6.04 Å². The molecule has 4 nitrogen and oxygen atoms in total. The molecule has 1 amide bonds. The second-order valence-electron chi connectivity index (χ2n) is 5.71. The molecule has 19 heavy (non-hydrogen) atoms. The number of aliphatic hydroxyl groups is 1. The van der Waals surface area contributed by atoms with Gasteiger partial charge in [0.05, 0.1) is 6.61 Å². The number of hydrogen-bond donors (Lipinski definition) is 3. The Kier molecular flexibility index (Phi) is 5.09. The van der Waals surface area contributed by atoms with Gasteiger partial charge in [-0.25, -0.2) is 0 Å². The minimum Gasteiger partial charge on any atom is -0.394 e. The van der Waals surface area contributed by atoms with Crippen molar-refractivity contribution in [3.8, 4) is 0 Å². The fraction of sp³-hybridized carbons (Fsp3) is 0.533. The number of aryl methyl sites for hydroxylation is 2. The average molecular weight is 264 g/mol.